The van der Waals surface area contributed by atoms with Crippen LogP contribution in [-0.4, -0.2) is 39.2 Å². The molecule has 1 aliphatic heterocycles. The number of primary amides is 1. The Kier molecular flexibility index (Phi) is 4.77. The summed E-state index contributed by atoms with van der Waals surface area (Å²) in [5, 5.41) is 11.4. The van der Waals surface area contributed by atoms with E-state index in [-0.39, 0.29) is 11.8 Å². The second-order valence-electron chi connectivity index (χ2n) is 7.42. The van der Waals surface area contributed by atoms with Crippen LogP contribution in [0, 0.1) is 5.92 Å². The van der Waals surface area contributed by atoms with Gasteiger partial charge in [-0.1, -0.05) is 13.8 Å². The van der Waals surface area contributed by atoms with Crippen molar-refractivity contribution in [3.63, 3.8) is 0 Å². The molecule has 144 valence electrons. The number of carbonyl (C=O) groups excluding carboxylic acids is 1. The van der Waals surface area contributed by atoms with Gasteiger partial charge in [-0.25, -0.2) is 4.98 Å². The van der Waals surface area contributed by atoms with Crippen LogP contribution in [0.2, 0.25) is 0 Å². The van der Waals surface area contributed by atoms with Crippen LogP contribution in [0.1, 0.15) is 31.7 Å². The lowest BCUT2D eigenvalue weighted by molar-refractivity contribution is -0.121. The summed E-state index contributed by atoms with van der Waals surface area (Å²) in [6.07, 6.45) is 4.36. The number of amides is 1. The van der Waals surface area contributed by atoms with Gasteiger partial charge in [0.1, 0.15) is 5.82 Å². The molecule has 0 spiro atoms. The fourth-order valence-electron chi connectivity index (χ4n) is 3.36. The minimum absolute atomic E-state index is 0.108. The summed E-state index contributed by atoms with van der Waals surface area (Å²) in [6, 6.07) is 7.77. The first-order valence-electron chi connectivity index (χ1n) is 9.40. The molecule has 1 saturated heterocycles. The van der Waals surface area contributed by atoms with Crippen LogP contribution in [0.3, 0.4) is 0 Å². The lowest BCUT2D eigenvalue weighted by Crippen LogP contribution is -2.27. The van der Waals surface area contributed by atoms with Crippen LogP contribution in [0.4, 0.5) is 17.3 Å². The van der Waals surface area contributed by atoms with E-state index in [1.807, 2.05) is 30.5 Å². The van der Waals surface area contributed by atoms with Crippen molar-refractivity contribution in [3.05, 3.63) is 42.2 Å². The number of nitrogens with zero attached hydrogens (tertiary/aromatic N) is 5. The quantitative estimate of drug-likeness (QED) is 0.703. The maximum Gasteiger partial charge on any atom is 0.222 e. The van der Waals surface area contributed by atoms with Crippen molar-refractivity contribution in [2.24, 2.45) is 11.7 Å². The van der Waals surface area contributed by atoms with Crippen molar-refractivity contribution in [1.82, 2.24) is 20.2 Å². The average molecular weight is 377 g/mol. The van der Waals surface area contributed by atoms with Crippen molar-refractivity contribution in [2.45, 2.75) is 26.2 Å². The van der Waals surface area contributed by atoms with Gasteiger partial charge in [0.05, 0.1) is 35.0 Å². The van der Waals surface area contributed by atoms with E-state index in [0.717, 1.165) is 35.2 Å². The number of nitrogens with two attached hydrogens (primary N) is 1. The smallest absolute Gasteiger partial charge is 0.222 e. The van der Waals surface area contributed by atoms with Crippen LogP contribution < -0.4 is 16.0 Å². The van der Waals surface area contributed by atoms with Crippen LogP contribution in [0.5, 0.6) is 0 Å². The number of pyridine rings is 2. The fourth-order valence-corrected chi connectivity index (χ4v) is 3.36. The summed E-state index contributed by atoms with van der Waals surface area (Å²) in [5.74, 6) is 1.36. The molecule has 1 amide bonds. The van der Waals surface area contributed by atoms with Gasteiger partial charge in [0, 0.05) is 13.1 Å². The number of aromatic nitrogens is 4. The van der Waals surface area contributed by atoms with Gasteiger partial charge in [0.25, 0.3) is 0 Å². The summed E-state index contributed by atoms with van der Waals surface area (Å²) in [4.78, 5) is 22.7. The first-order chi connectivity index (χ1) is 13.5. The van der Waals surface area contributed by atoms with Gasteiger partial charge in [0.15, 0.2) is 5.82 Å². The molecule has 1 atom stereocenters. The predicted molar refractivity (Wildman–Crippen MR) is 108 cm³/mol. The van der Waals surface area contributed by atoms with Crippen molar-refractivity contribution < 1.29 is 4.79 Å². The van der Waals surface area contributed by atoms with E-state index < -0.39 is 0 Å². The Balaban J connectivity index is 1.58. The molecule has 0 saturated carbocycles. The minimum atomic E-state index is -0.245. The van der Waals surface area contributed by atoms with E-state index in [0.29, 0.717) is 24.1 Å². The van der Waals surface area contributed by atoms with Crippen molar-refractivity contribution in [2.75, 3.05) is 23.3 Å². The number of hydrogen-bond acceptors (Lipinski definition) is 7. The second kappa shape index (κ2) is 7.38. The Labute approximate surface area is 163 Å². The Morgan fingerprint density at radius 1 is 1.21 bits per heavy atom. The number of carbonyl (C=O) groups is 1. The van der Waals surface area contributed by atoms with Gasteiger partial charge in [-0.05, 0) is 42.2 Å². The highest BCUT2D eigenvalue weighted by Gasteiger charge is 2.27. The number of hydrogen-bond donors (Lipinski definition) is 2. The maximum absolute atomic E-state index is 11.4. The van der Waals surface area contributed by atoms with Crippen molar-refractivity contribution >= 4 is 34.3 Å². The monoisotopic (exact) mass is 377 g/mol. The van der Waals surface area contributed by atoms with E-state index in [2.05, 4.69) is 44.2 Å². The molecule has 1 aliphatic rings. The summed E-state index contributed by atoms with van der Waals surface area (Å²) in [7, 11) is 0. The topological polar surface area (TPSA) is 110 Å². The Bertz CT molecular complexity index is 1020. The third-order valence-electron chi connectivity index (χ3n) is 5.08. The third kappa shape index (κ3) is 3.71. The fraction of sp³-hybridized carbons (Fsp3) is 0.350. The number of rotatable bonds is 5. The zero-order valence-electron chi connectivity index (χ0n) is 16.0. The SMILES string of the molecule is CC(C)c1cnnc(Nc2ccc3ncc(N4CCC(C(N)=O)C4)cc3n2)c1. The molecule has 0 aliphatic carbocycles. The molecule has 3 aromatic rings. The zero-order chi connectivity index (χ0) is 19.7. The van der Waals surface area contributed by atoms with Gasteiger partial charge in [-0.15, -0.1) is 5.10 Å². The van der Waals surface area contributed by atoms with E-state index in [1.54, 1.807) is 6.20 Å². The molecule has 1 fully saturated rings. The van der Waals surface area contributed by atoms with E-state index in [4.69, 9.17) is 5.73 Å². The number of anilines is 3. The van der Waals surface area contributed by atoms with Gasteiger partial charge >= 0.3 is 0 Å². The first kappa shape index (κ1) is 18.1. The summed E-state index contributed by atoms with van der Waals surface area (Å²) >= 11 is 0. The van der Waals surface area contributed by atoms with E-state index in [1.165, 1.54) is 0 Å². The van der Waals surface area contributed by atoms with E-state index in [9.17, 15) is 4.79 Å². The Morgan fingerprint density at radius 2 is 2.07 bits per heavy atom. The normalized spacial score (nSPS) is 16.7. The largest absolute Gasteiger partial charge is 0.369 e. The first-order valence-corrected chi connectivity index (χ1v) is 9.40. The molecule has 0 radical (unpaired) electrons. The Hall–Kier alpha value is -3.29. The van der Waals surface area contributed by atoms with Crippen molar-refractivity contribution in [1.29, 1.82) is 0 Å². The third-order valence-corrected chi connectivity index (χ3v) is 5.08. The summed E-state index contributed by atoms with van der Waals surface area (Å²) < 4.78 is 0. The van der Waals surface area contributed by atoms with Gasteiger partial charge < -0.3 is 16.0 Å². The molecule has 28 heavy (non-hydrogen) atoms. The molecule has 3 N–H and O–H groups in total. The van der Waals surface area contributed by atoms with Crippen LogP contribution >= 0.6 is 0 Å². The van der Waals surface area contributed by atoms with Gasteiger partial charge in [0.2, 0.25) is 5.91 Å². The lowest BCUT2D eigenvalue weighted by atomic mass is 10.1. The van der Waals surface area contributed by atoms with E-state index >= 15 is 0 Å². The van der Waals surface area contributed by atoms with Gasteiger partial charge in [-0.2, -0.15) is 5.10 Å². The summed E-state index contributed by atoms with van der Waals surface area (Å²) in [6.45, 7) is 5.64. The molecule has 0 aromatic carbocycles. The zero-order valence-corrected chi connectivity index (χ0v) is 16.0. The van der Waals surface area contributed by atoms with Gasteiger partial charge in [-0.3, -0.25) is 9.78 Å². The molecule has 8 heteroatoms. The van der Waals surface area contributed by atoms with Crippen molar-refractivity contribution in [3.8, 4) is 0 Å². The lowest BCUT2D eigenvalue weighted by Gasteiger charge is -2.18. The molecule has 4 heterocycles. The highest BCUT2D eigenvalue weighted by molar-refractivity contribution is 5.81. The molecular formula is C20H23N7O. The van der Waals surface area contributed by atoms with Crippen LogP contribution in [0.15, 0.2) is 36.7 Å². The molecule has 8 nitrogen and oxygen atoms in total. The number of nitrogens with one attached hydrogen (secondary N) is 1. The molecule has 1 unspecified atom stereocenters. The molecule has 0 bridgehead atoms. The minimum Gasteiger partial charge on any atom is -0.369 e. The van der Waals surface area contributed by atoms with Crippen LogP contribution in [-0.2, 0) is 4.79 Å². The molecule has 4 rings (SSSR count). The predicted octanol–water partition coefficient (Wildman–Crippen LogP) is 2.60. The molecule has 3 aromatic heterocycles. The summed E-state index contributed by atoms with van der Waals surface area (Å²) in [5.41, 5.74) is 9.08. The maximum atomic E-state index is 11.4. The van der Waals surface area contributed by atoms with Crippen LogP contribution in [0.25, 0.3) is 11.0 Å². The number of fused-ring (bicyclic) bond motifs is 1. The highest BCUT2D eigenvalue weighted by atomic mass is 16.1. The second-order valence-corrected chi connectivity index (χ2v) is 7.42. The standard InChI is InChI=1S/C20H23N7O/c1-12(2)14-7-19(26-23-9-14)25-18-4-3-16-17(24-18)8-15(10-22-16)27-6-5-13(11-27)20(21)28/h3-4,7-10,12-13H,5-6,11H2,1-2H3,(H2,21,28)(H,24,25,26). The average Bonchev–Trinajstić information content (AvgIpc) is 3.18. The Morgan fingerprint density at radius 3 is 2.82 bits per heavy atom. The molecular weight excluding hydrogens is 354 g/mol. The highest BCUT2D eigenvalue weighted by Crippen LogP contribution is 2.26.